The van der Waals surface area contributed by atoms with Crippen molar-refractivity contribution in [2.24, 2.45) is 0 Å². The van der Waals surface area contributed by atoms with E-state index < -0.39 is 29.0 Å². The molecule has 0 aromatic heterocycles. The molecule has 1 aromatic rings. The van der Waals surface area contributed by atoms with Crippen LogP contribution in [0.15, 0.2) is 18.2 Å². The number of hydrogen-bond donors (Lipinski definition) is 1. The molecule has 1 amide bonds. The van der Waals surface area contributed by atoms with Gasteiger partial charge in [0.2, 0.25) is 0 Å². The number of anilines is 1. The fourth-order valence-electron chi connectivity index (χ4n) is 2.57. The molecular formula is C17H20F3N3O2. The molecular weight excluding hydrogens is 335 g/mol. The van der Waals surface area contributed by atoms with E-state index in [-0.39, 0.29) is 11.7 Å². The number of halogens is 3. The molecule has 0 bridgehead atoms. The van der Waals surface area contributed by atoms with E-state index >= 15 is 0 Å². The highest BCUT2D eigenvalue weighted by atomic mass is 19.4. The molecule has 1 atom stereocenters. The minimum Gasteiger partial charge on any atom is -0.444 e. The van der Waals surface area contributed by atoms with Gasteiger partial charge in [-0.2, -0.15) is 18.4 Å². The topological polar surface area (TPSA) is 65.4 Å². The molecule has 136 valence electrons. The van der Waals surface area contributed by atoms with Crippen LogP contribution in [0, 0.1) is 11.3 Å². The quantitative estimate of drug-likeness (QED) is 0.871. The van der Waals surface area contributed by atoms with E-state index in [1.807, 2.05) is 0 Å². The van der Waals surface area contributed by atoms with Crippen LogP contribution in [0.2, 0.25) is 0 Å². The van der Waals surface area contributed by atoms with Gasteiger partial charge in [-0.05, 0) is 45.4 Å². The number of benzene rings is 1. The highest BCUT2D eigenvalue weighted by Gasteiger charge is 2.34. The summed E-state index contributed by atoms with van der Waals surface area (Å²) in [7, 11) is 0. The standard InChI is InChI=1S/C17H20F3N3O2/c1-16(2,3)25-15(24)23-7-6-13(10-23)22-12-5-4-11(9-21)14(8-12)17(18,19)20/h4-5,8,13,22H,6-7,10H2,1-3H3. The Morgan fingerprint density at radius 3 is 2.60 bits per heavy atom. The van der Waals surface area contributed by atoms with Crippen LogP contribution in [0.25, 0.3) is 0 Å². The number of alkyl halides is 3. The summed E-state index contributed by atoms with van der Waals surface area (Å²) in [5, 5.41) is 11.8. The maximum absolute atomic E-state index is 13.0. The third-order valence-corrected chi connectivity index (χ3v) is 3.66. The van der Waals surface area contributed by atoms with Crippen LogP contribution < -0.4 is 5.32 Å². The lowest BCUT2D eigenvalue weighted by Crippen LogP contribution is -2.36. The van der Waals surface area contributed by atoms with E-state index in [1.165, 1.54) is 11.0 Å². The van der Waals surface area contributed by atoms with E-state index in [1.54, 1.807) is 26.8 Å². The first-order chi connectivity index (χ1) is 11.5. The van der Waals surface area contributed by atoms with Crippen molar-refractivity contribution in [3.63, 3.8) is 0 Å². The van der Waals surface area contributed by atoms with Gasteiger partial charge in [-0.25, -0.2) is 4.79 Å². The molecule has 1 heterocycles. The molecule has 0 spiro atoms. The zero-order valence-corrected chi connectivity index (χ0v) is 14.3. The van der Waals surface area contributed by atoms with Crippen molar-refractivity contribution in [1.29, 1.82) is 5.26 Å². The van der Waals surface area contributed by atoms with Crippen molar-refractivity contribution >= 4 is 11.8 Å². The van der Waals surface area contributed by atoms with Crippen LogP contribution in [0.4, 0.5) is 23.7 Å². The van der Waals surface area contributed by atoms with Gasteiger partial charge in [-0.15, -0.1) is 0 Å². The van der Waals surface area contributed by atoms with E-state index in [0.29, 0.717) is 19.5 Å². The first-order valence-electron chi connectivity index (χ1n) is 7.85. The summed E-state index contributed by atoms with van der Waals surface area (Å²) >= 11 is 0. The smallest absolute Gasteiger partial charge is 0.417 e. The second-order valence-corrected chi connectivity index (χ2v) is 6.93. The lowest BCUT2D eigenvalue weighted by atomic mass is 10.1. The normalized spacial score (nSPS) is 18.0. The van der Waals surface area contributed by atoms with Crippen molar-refractivity contribution in [1.82, 2.24) is 4.90 Å². The Balaban J connectivity index is 2.05. The van der Waals surface area contributed by atoms with Gasteiger partial charge in [0.1, 0.15) is 5.60 Å². The number of hydrogen-bond acceptors (Lipinski definition) is 4. The van der Waals surface area contributed by atoms with Crippen LogP contribution in [-0.4, -0.2) is 35.7 Å². The summed E-state index contributed by atoms with van der Waals surface area (Å²) in [4.78, 5) is 13.5. The minimum absolute atomic E-state index is 0.179. The van der Waals surface area contributed by atoms with Gasteiger partial charge >= 0.3 is 12.3 Å². The largest absolute Gasteiger partial charge is 0.444 e. The monoisotopic (exact) mass is 355 g/mol. The average molecular weight is 355 g/mol. The Kier molecular flexibility index (Phi) is 5.16. The molecule has 1 aromatic carbocycles. The number of rotatable bonds is 2. The molecule has 0 radical (unpaired) electrons. The van der Waals surface area contributed by atoms with Crippen molar-refractivity contribution in [2.75, 3.05) is 18.4 Å². The fourth-order valence-corrected chi connectivity index (χ4v) is 2.57. The lowest BCUT2D eigenvalue weighted by Gasteiger charge is -2.24. The Labute approximate surface area is 144 Å². The molecule has 5 nitrogen and oxygen atoms in total. The molecule has 8 heteroatoms. The van der Waals surface area contributed by atoms with Gasteiger partial charge < -0.3 is 15.0 Å². The zero-order chi connectivity index (χ0) is 18.8. The van der Waals surface area contributed by atoms with Crippen LogP contribution in [0.3, 0.4) is 0 Å². The van der Waals surface area contributed by atoms with Crippen LogP contribution in [0.1, 0.15) is 38.3 Å². The molecule has 1 unspecified atom stereocenters. The summed E-state index contributed by atoms with van der Waals surface area (Å²) in [6, 6.07) is 4.87. The third kappa shape index (κ3) is 5.02. The van der Waals surface area contributed by atoms with Crippen molar-refractivity contribution in [3.8, 4) is 6.07 Å². The predicted octanol–water partition coefficient (Wildman–Crippen LogP) is 4.00. The first-order valence-corrected chi connectivity index (χ1v) is 7.85. The molecule has 1 fully saturated rings. The molecule has 1 aliphatic rings. The second kappa shape index (κ2) is 6.82. The second-order valence-electron chi connectivity index (χ2n) is 6.93. The van der Waals surface area contributed by atoms with E-state index in [4.69, 9.17) is 10.00 Å². The van der Waals surface area contributed by atoms with Gasteiger partial charge in [0, 0.05) is 24.8 Å². The van der Waals surface area contributed by atoms with Gasteiger partial charge in [0.05, 0.1) is 17.2 Å². The summed E-state index contributed by atoms with van der Waals surface area (Å²) in [5.74, 6) is 0. The average Bonchev–Trinajstić information content (AvgIpc) is 2.93. The predicted molar refractivity (Wildman–Crippen MR) is 86.0 cm³/mol. The van der Waals surface area contributed by atoms with Crippen molar-refractivity contribution in [3.05, 3.63) is 29.3 Å². The van der Waals surface area contributed by atoms with Gasteiger partial charge in [0.25, 0.3) is 0 Å². The SMILES string of the molecule is CC(C)(C)OC(=O)N1CCC(Nc2ccc(C#N)c(C(F)(F)F)c2)C1. The van der Waals surface area contributed by atoms with Crippen LogP contribution in [-0.2, 0) is 10.9 Å². The number of likely N-dealkylation sites (tertiary alicyclic amines) is 1. The highest BCUT2D eigenvalue weighted by molar-refractivity contribution is 5.68. The first kappa shape index (κ1) is 18.9. The minimum atomic E-state index is -4.60. The van der Waals surface area contributed by atoms with Crippen molar-refractivity contribution in [2.45, 2.75) is 45.0 Å². The molecule has 1 saturated heterocycles. The number of ether oxygens (including phenoxy) is 1. The molecule has 1 N–H and O–H groups in total. The Morgan fingerprint density at radius 2 is 2.04 bits per heavy atom. The third-order valence-electron chi connectivity index (χ3n) is 3.66. The number of nitrogens with one attached hydrogen (secondary N) is 1. The zero-order valence-electron chi connectivity index (χ0n) is 14.3. The maximum atomic E-state index is 13.0. The molecule has 0 aliphatic carbocycles. The van der Waals surface area contributed by atoms with Crippen LogP contribution in [0.5, 0.6) is 0 Å². The van der Waals surface area contributed by atoms with Gasteiger partial charge in [0.15, 0.2) is 0 Å². The molecule has 1 aliphatic heterocycles. The van der Waals surface area contributed by atoms with Crippen molar-refractivity contribution < 1.29 is 22.7 Å². The molecule has 25 heavy (non-hydrogen) atoms. The van der Waals surface area contributed by atoms with E-state index in [9.17, 15) is 18.0 Å². The number of amides is 1. The summed E-state index contributed by atoms with van der Waals surface area (Å²) in [5.41, 5.74) is -1.72. The maximum Gasteiger partial charge on any atom is 0.417 e. The summed E-state index contributed by atoms with van der Waals surface area (Å²) < 4.78 is 44.3. The Bertz CT molecular complexity index is 690. The summed E-state index contributed by atoms with van der Waals surface area (Å²) in [6.45, 7) is 6.12. The Hall–Kier alpha value is -2.43. The highest BCUT2D eigenvalue weighted by Crippen LogP contribution is 2.34. The lowest BCUT2D eigenvalue weighted by molar-refractivity contribution is -0.137. The number of nitrogens with zero attached hydrogens (tertiary/aromatic N) is 2. The van der Waals surface area contributed by atoms with E-state index in [2.05, 4.69) is 5.32 Å². The number of carbonyl (C=O) groups excluding carboxylic acids is 1. The Morgan fingerprint density at radius 1 is 1.36 bits per heavy atom. The molecule has 2 rings (SSSR count). The van der Waals surface area contributed by atoms with Crippen LogP contribution >= 0.6 is 0 Å². The number of carbonyl (C=O) groups is 1. The van der Waals surface area contributed by atoms with Gasteiger partial charge in [-0.1, -0.05) is 0 Å². The number of nitriles is 1. The summed E-state index contributed by atoms with van der Waals surface area (Å²) in [6.07, 6.45) is -4.44. The van der Waals surface area contributed by atoms with Gasteiger partial charge in [-0.3, -0.25) is 0 Å². The molecule has 0 saturated carbocycles. The van der Waals surface area contributed by atoms with E-state index in [0.717, 1.165) is 12.1 Å². The fraction of sp³-hybridized carbons (Fsp3) is 0.529.